The molecule has 0 aliphatic heterocycles. The lowest BCUT2D eigenvalue weighted by Crippen LogP contribution is -2.30. The van der Waals surface area contributed by atoms with E-state index in [1.165, 1.54) is 6.08 Å². The fourth-order valence-corrected chi connectivity index (χ4v) is 1.93. The molecule has 1 amide bonds. The topological polar surface area (TPSA) is 49.3 Å². The summed E-state index contributed by atoms with van der Waals surface area (Å²) in [5.41, 5.74) is 0.972. The van der Waals surface area contributed by atoms with Gasteiger partial charge in [0.1, 0.15) is 0 Å². The second kappa shape index (κ2) is 6.09. The predicted octanol–water partition coefficient (Wildman–Crippen LogP) is 2.36. The smallest absolute Gasteiger partial charge is 0.244 e. The summed E-state index contributed by atoms with van der Waals surface area (Å²) in [6, 6.07) is 0.538. The molecule has 1 fully saturated rings. The lowest BCUT2D eigenvalue weighted by Gasteiger charge is -2.19. The van der Waals surface area contributed by atoms with Crippen molar-refractivity contribution in [3.8, 4) is 0 Å². The molecular formula is C14H14F3NO2. The zero-order valence-electron chi connectivity index (χ0n) is 10.6. The van der Waals surface area contributed by atoms with Crippen LogP contribution in [0.1, 0.15) is 30.9 Å². The van der Waals surface area contributed by atoms with Crippen LogP contribution in [0.15, 0.2) is 23.8 Å². The molecule has 1 atom stereocenters. The maximum Gasteiger partial charge on any atom is 0.244 e. The first-order chi connectivity index (χ1) is 9.51. The van der Waals surface area contributed by atoms with Crippen molar-refractivity contribution in [3.63, 3.8) is 0 Å². The van der Waals surface area contributed by atoms with E-state index in [0.29, 0.717) is 0 Å². The van der Waals surface area contributed by atoms with Gasteiger partial charge in [0.15, 0.2) is 17.5 Å². The Morgan fingerprint density at radius 2 is 1.90 bits per heavy atom. The molecule has 1 aromatic rings. The summed E-state index contributed by atoms with van der Waals surface area (Å²) in [5.74, 6) is -4.73. The van der Waals surface area contributed by atoms with E-state index in [0.717, 1.165) is 37.0 Å². The molecule has 0 heterocycles. The molecule has 0 spiro atoms. The highest BCUT2D eigenvalue weighted by Crippen LogP contribution is 2.25. The SMILES string of the molecule is O=C(C=C1CCC1)NC(CO)c1cc(F)c(F)c(F)c1. The average Bonchev–Trinajstić information content (AvgIpc) is 2.37. The van der Waals surface area contributed by atoms with E-state index in [2.05, 4.69) is 5.32 Å². The van der Waals surface area contributed by atoms with Gasteiger partial charge in [-0.05, 0) is 37.0 Å². The van der Waals surface area contributed by atoms with Crippen LogP contribution in [0.5, 0.6) is 0 Å². The van der Waals surface area contributed by atoms with Gasteiger partial charge in [-0.25, -0.2) is 13.2 Å². The molecule has 0 aromatic heterocycles. The van der Waals surface area contributed by atoms with Crippen LogP contribution in [0.25, 0.3) is 0 Å². The van der Waals surface area contributed by atoms with Gasteiger partial charge < -0.3 is 10.4 Å². The molecule has 2 rings (SSSR count). The summed E-state index contributed by atoms with van der Waals surface area (Å²) in [6.07, 6.45) is 4.17. The number of nitrogens with one attached hydrogen (secondary N) is 1. The Hall–Kier alpha value is -1.82. The number of hydrogen-bond acceptors (Lipinski definition) is 2. The van der Waals surface area contributed by atoms with Crippen LogP contribution in [0, 0.1) is 17.5 Å². The number of carbonyl (C=O) groups is 1. The summed E-state index contributed by atoms with van der Waals surface area (Å²) in [7, 11) is 0. The fraction of sp³-hybridized carbons (Fsp3) is 0.357. The van der Waals surface area contributed by atoms with Crippen molar-refractivity contribution in [3.05, 3.63) is 46.8 Å². The van der Waals surface area contributed by atoms with Crippen LogP contribution in [0.4, 0.5) is 13.2 Å². The number of amides is 1. The predicted molar refractivity (Wildman–Crippen MR) is 66.2 cm³/mol. The monoisotopic (exact) mass is 285 g/mol. The molecule has 3 nitrogen and oxygen atoms in total. The van der Waals surface area contributed by atoms with Gasteiger partial charge in [-0.2, -0.15) is 0 Å². The quantitative estimate of drug-likeness (QED) is 0.659. The number of aliphatic hydroxyl groups excluding tert-OH is 1. The van der Waals surface area contributed by atoms with Crippen LogP contribution in [0.2, 0.25) is 0 Å². The number of carbonyl (C=O) groups excluding carboxylic acids is 1. The van der Waals surface area contributed by atoms with Crippen molar-refractivity contribution < 1.29 is 23.1 Å². The molecule has 20 heavy (non-hydrogen) atoms. The van der Waals surface area contributed by atoms with Gasteiger partial charge in [0.25, 0.3) is 0 Å². The molecule has 1 saturated carbocycles. The van der Waals surface area contributed by atoms with Crippen molar-refractivity contribution in [2.45, 2.75) is 25.3 Å². The van der Waals surface area contributed by atoms with Crippen molar-refractivity contribution in [2.24, 2.45) is 0 Å². The van der Waals surface area contributed by atoms with Gasteiger partial charge in [0.2, 0.25) is 5.91 Å². The van der Waals surface area contributed by atoms with Crippen LogP contribution < -0.4 is 5.32 Å². The third kappa shape index (κ3) is 3.19. The Kier molecular flexibility index (Phi) is 4.44. The zero-order valence-corrected chi connectivity index (χ0v) is 10.6. The van der Waals surface area contributed by atoms with Crippen LogP contribution in [-0.4, -0.2) is 17.6 Å². The van der Waals surface area contributed by atoms with Gasteiger partial charge in [0, 0.05) is 6.08 Å². The van der Waals surface area contributed by atoms with Crippen molar-refractivity contribution in [1.82, 2.24) is 5.32 Å². The highest BCUT2D eigenvalue weighted by Gasteiger charge is 2.19. The zero-order chi connectivity index (χ0) is 14.7. The van der Waals surface area contributed by atoms with E-state index in [9.17, 15) is 23.1 Å². The molecular weight excluding hydrogens is 271 g/mol. The molecule has 0 saturated heterocycles. The highest BCUT2D eigenvalue weighted by atomic mass is 19.2. The number of allylic oxidation sites excluding steroid dienone is 1. The van der Waals surface area contributed by atoms with E-state index in [1.54, 1.807) is 0 Å². The minimum absolute atomic E-state index is 0.0238. The molecule has 1 aromatic carbocycles. The first-order valence-corrected chi connectivity index (χ1v) is 6.26. The lowest BCUT2D eigenvalue weighted by molar-refractivity contribution is -0.117. The summed E-state index contributed by atoms with van der Waals surface area (Å²) in [4.78, 5) is 11.7. The molecule has 1 aliphatic carbocycles. The molecule has 1 unspecified atom stereocenters. The molecule has 1 aliphatic rings. The highest BCUT2D eigenvalue weighted by molar-refractivity contribution is 5.88. The average molecular weight is 285 g/mol. The van der Waals surface area contributed by atoms with Crippen LogP contribution in [0.3, 0.4) is 0 Å². The van der Waals surface area contributed by atoms with Gasteiger partial charge in [-0.3, -0.25) is 4.79 Å². The van der Waals surface area contributed by atoms with Crippen molar-refractivity contribution in [2.75, 3.05) is 6.61 Å². The maximum absolute atomic E-state index is 13.1. The van der Waals surface area contributed by atoms with Gasteiger partial charge >= 0.3 is 0 Å². The van der Waals surface area contributed by atoms with Gasteiger partial charge in [-0.15, -0.1) is 0 Å². The Morgan fingerprint density at radius 3 is 2.35 bits per heavy atom. The first kappa shape index (κ1) is 14.6. The number of aliphatic hydroxyl groups is 1. The minimum Gasteiger partial charge on any atom is -0.394 e. The van der Waals surface area contributed by atoms with Crippen molar-refractivity contribution >= 4 is 5.91 Å². The summed E-state index contributed by atoms with van der Waals surface area (Å²) in [5, 5.41) is 11.6. The van der Waals surface area contributed by atoms with E-state index in [-0.39, 0.29) is 5.56 Å². The second-order valence-electron chi connectivity index (χ2n) is 4.70. The summed E-state index contributed by atoms with van der Waals surface area (Å²) < 4.78 is 39.1. The van der Waals surface area contributed by atoms with Crippen molar-refractivity contribution in [1.29, 1.82) is 0 Å². The maximum atomic E-state index is 13.1. The van der Waals surface area contributed by atoms with E-state index < -0.39 is 36.0 Å². The van der Waals surface area contributed by atoms with E-state index >= 15 is 0 Å². The Bertz CT molecular complexity index is 528. The Morgan fingerprint density at radius 1 is 1.30 bits per heavy atom. The Labute approximate surface area is 114 Å². The van der Waals surface area contributed by atoms with E-state index in [1.807, 2.05) is 0 Å². The molecule has 2 N–H and O–H groups in total. The third-order valence-corrected chi connectivity index (χ3v) is 3.24. The van der Waals surface area contributed by atoms with Crippen LogP contribution >= 0.6 is 0 Å². The summed E-state index contributed by atoms with van der Waals surface area (Å²) in [6.45, 7) is -0.542. The molecule has 0 bridgehead atoms. The molecule has 108 valence electrons. The van der Waals surface area contributed by atoms with Gasteiger partial charge in [-0.1, -0.05) is 5.57 Å². The number of halogens is 3. The molecule has 6 heteroatoms. The van der Waals surface area contributed by atoms with Crippen LogP contribution in [-0.2, 0) is 4.79 Å². The first-order valence-electron chi connectivity index (χ1n) is 6.26. The fourth-order valence-electron chi connectivity index (χ4n) is 1.93. The standard InChI is InChI=1S/C14H14F3NO2/c15-10-5-9(6-11(16)14(10)17)12(7-19)18-13(20)4-8-2-1-3-8/h4-6,12,19H,1-3,7H2,(H,18,20). The normalized spacial score (nSPS) is 15.5. The number of hydrogen-bond donors (Lipinski definition) is 2. The number of rotatable bonds is 4. The second-order valence-corrected chi connectivity index (χ2v) is 4.70. The third-order valence-electron chi connectivity index (χ3n) is 3.24. The Balaban J connectivity index is 2.13. The largest absolute Gasteiger partial charge is 0.394 e. The lowest BCUT2D eigenvalue weighted by atomic mass is 9.92. The molecule has 0 radical (unpaired) electrons. The number of benzene rings is 1. The van der Waals surface area contributed by atoms with Gasteiger partial charge in [0.05, 0.1) is 12.6 Å². The summed E-state index contributed by atoms with van der Waals surface area (Å²) >= 11 is 0. The van der Waals surface area contributed by atoms with E-state index in [4.69, 9.17) is 0 Å². The minimum atomic E-state index is -1.58.